The molecule has 8 heteroatoms. The predicted molar refractivity (Wildman–Crippen MR) is 128 cm³/mol. The van der Waals surface area contributed by atoms with Crippen LogP contribution < -0.4 is 10.1 Å². The highest BCUT2D eigenvalue weighted by Crippen LogP contribution is 2.41. The van der Waals surface area contributed by atoms with E-state index in [2.05, 4.69) is 36.3 Å². The molecule has 0 saturated heterocycles. The van der Waals surface area contributed by atoms with Crippen molar-refractivity contribution in [1.29, 1.82) is 0 Å². The molecule has 1 saturated carbocycles. The van der Waals surface area contributed by atoms with Crippen molar-refractivity contribution in [2.75, 3.05) is 12.4 Å². The number of aryl methyl sites for hydroxylation is 1. The van der Waals surface area contributed by atoms with Crippen LogP contribution in [0.5, 0.6) is 5.75 Å². The Morgan fingerprint density at radius 1 is 1.21 bits per heavy atom. The number of amides is 1. The maximum absolute atomic E-state index is 13.4. The Balaban J connectivity index is 1.53. The van der Waals surface area contributed by atoms with Gasteiger partial charge < -0.3 is 10.1 Å². The maximum Gasteiger partial charge on any atom is 0.257 e. The minimum absolute atomic E-state index is 0.223. The van der Waals surface area contributed by atoms with Gasteiger partial charge in [0.2, 0.25) is 0 Å². The van der Waals surface area contributed by atoms with Crippen molar-refractivity contribution < 1.29 is 9.53 Å². The summed E-state index contributed by atoms with van der Waals surface area (Å²) in [4.78, 5) is 18.4. The molecule has 0 unspecified atom stereocenters. The number of aromatic nitrogens is 5. The zero-order valence-electron chi connectivity index (χ0n) is 19.6. The number of rotatable bonds is 5. The van der Waals surface area contributed by atoms with Gasteiger partial charge in [-0.2, -0.15) is 10.2 Å². The number of carbonyl (C=O) groups is 1. The first kappa shape index (κ1) is 21.2. The molecule has 33 heavy (non-hydrogen) atoms. The standard InChI is InChI=1S/C25H28N6O2/c1-14-22-17(12-18(15-10-11-15)26-23(22)31(30-14)25(2,3)4)24(32)27-21-13-19(28-29-21)16-8-6-7-9-20(16)33-5/h6-9,12-13,15H,10-11H2,1-5H3,(H2,27,28,29,32). The van der Waals surface area contributed by atoms with Crippen LogP contribution in [0.4, 0.5) is 5.82 Å². The molecule has 0 atom stereocenters. The number of fused-ring (bicyclic) bond motifs is 1. The first-order valence-electron chi connectivity index (χ1n) is 11.2. The van der Waals surface area contributed by atoms with E-state index < -0.39 is 0 Å². The van der Waals surface area contributed by atoms with E-state index in [4.69, 9.17) is 14.8 Å². The third kappa shape index (κ3) is 3.86. The fraction of sp³-hybridized carbons (Fsp3) is 0.360. The summed E-state index contributed by atoms with van der Waals surface area (Å²) >= 11 is 0. The van der Waals surface area contributed by atoms with E-state index in [1.165, 1.54) is 0 Å². The lowest BCUT2D eigenvalue weighted by atomic mass is 10.1. The van der Waals surface area contributed by atoms with Crippen molar-refractivity contribution in [3.63, 3.8) is 0 Å². The highest BCUT2D eigenvalue weighted by Gasteiger charge is 2.30. The molecular formula is C25H28N6O2. The molecule has 1 amide bonds. The lowest BCUT2D eigenvalue weighted by Crippen LogP contribution is -2.23. The van der Waals surface area contributed by atoms with E-state index in [1.807, 2.05) is 41.9 Å². The fourth-order valence-corrected chi connectivity index (χ4v) is 4.12. The van der Waals surface area contributed by atoms with Gasteiger partial charge in [0, 0.05) is 23.2 Å². The molecular weight excluding hydrogens is 416 g/mol. The monoisotopic (exact) mass is 444 g/mol. The molecule has 5 rings (SSSR count). The highest BCUT2D eigenvalue weighted by atomic mass is 16.5. The number of pyridine rings is 1. The predicted octanol–water partition coefficient (Wildman–Crippen LogP) is 5.02. The molecule has 0 bridgehead atoms. The van der Waals surface area contributed by atoms with Crippen LogP contribution >= 0.6 is 0 Å². The number of ether oxygens (including phenoxy) is 1. The maximum atomic E-state index is 13.4. The number of H-pyrrole nitrogens is 1. The number of hydrogen-bond donors (Lipinski definition) is 2. The average Bonchev–Trinajstić information content (AvgIpc) is 3.45. The van der Waals surface area contributed by atoms with E-state index in [0.717, 1.165) is 52.3 Å². The van der Waals surface area contributed by atoms with Gasteiger partial charge in [0.05, 0.1) is 35.0 Å². The summed E-state index contributed by atoms with van der Waals surface area (Å²) in [7, 11) is 1.63. The van der Waals surface area contributed by atoms with Gasteiger partial charge in [0.1, 0.15) is 5.75 Å². The lowest BCUT2D eigenvalue weighted by Gasteiger charge is -2.20. The van der Waals surface area contributed by atoms with Crippen LogP contribution in [-0.2, 0) is 5.54 Å². The molecule has 3 heterocycles. The molecule has 1 aliphatic rings. The number of para-hydroxylation sites is 1. The average molecular weight is 445 g/mol. The smallest absolute Gasteiger partial charge is 0.257 e. The lowest BCUT2D eigenvalue weighted by molar-refractivity contribution is 0.102. The quantitative estimate of drug-likeness (QED) is 0.450. The van der Waals surface area contributed by atoms with Gasteiger partial charge in [-0.1, -0.05) is 12.1 Å². The molecule has 2 N–H and O–H groups in total. The van der Waals surface area contributed by atoms with Crippen molar-refractivity contribution in [2.45, 2.75) is 52.0 Å². The SMILES string of the molecule is COc1ccccc1-c1cc(NC(=O)c2cc(C3CC3)nc3c2c(C)nn3C(C)(C)C)n[nH]1. The van der Waals surface area contributed by atoms with Crippen molar-refractivity contribution in [3.8, 4) is 17.0 Å². The van der Waals surface area contributed by atoms with Crippen LogP contribution in [0.3, 0.4) is 0 Å². The van der Waals surface area contributed by atoms with E-state index in [0.29, 0.717) is 17.3 Å². The van der Waals surface area contributed by atoms with Crippen molar-refractivity contribution in [3.05, 3.63) is 53.3 Å². The molecule has 0 radical (unpaired) electrons. The second-order valence-electron chi connectivity index (χ2n) is 9.56. The van der Waals surface area contributed by atoms with Gasteiger partial charge in [-0.05, 0) is 58.7 Å². The Kier molecular flexibility index (Phi) is 4.96. The van der Waals surface area contributed by atoms with Gasteiger partial charge in [-0.3, -0.25) is 9.89 Å². The number of nitrogens with one attached hydrogen (secondary N) is 2. The molecule has 0 aliphatic heterocycles. The minimum atomic E-state index is -0.249. The fourth-order valence-electron chi connectivity index (χ4n) is 4.12. The summed E-state index contributed by atoms with van der Waals surface area (Å²) in [5, 5.41) is 15.8. The number of nitrogens with zero attached hydrogens (tertiary/aromatic N) is 4. The normalized spacial score (nSPS) is 14.0. The Hall–Kier alpha value is -3.68. The Bertz CT molecular complexity index is 1360. The largest absolute Gasteiger partial charge is 0.496 e. The number of hydrogen-bond acceptors (Lipinski definition) is 5. The minimum Gasteiger partial charge on any atom is -0.496 e. The van der Waals surface area contributed by atoms with Gasteiger partial charge in [0.25, 0.3) is 5.91 Å². The summed E-state index contributed by atoms with van der Waals surface area (Å²) in [6, 6.07) is 11.4. The third-order valence-electron chi connectivity index (χ3n) is 5.92. The first-order valence-corrected chi connectivity index (χ1v) is 11.2. The second-order valence-corrected chi connectivity index (χ2v) is 9.56. The number of anilines is 1. The highest BCUT2D eigenvalue weighted by molar-refractivity contribution is 6.12. The summed E-state index contributed by atoms with van der Waals surface area (Å²) in [5.74, 6) is 1.36. The van der Waals surface area contributed by atoms with E-state index in [9.17, 15) is 4.79 Å². The van der Waals surface area contributed by atoms with E-state index in [1.54, 1.807) is 13.2 Å². The van der Waals surface area contributed by atoms with Crippen LogP contribution in [0.1, 0.15) is 61.3 Å². The first-order chi connectivity index (χ1) is 15.8. The second kappa shape index (κ2) is 7.72. The molecule has 8 nitrogen and oxygen atoms in total. The number of carbonyl (C=O) groups excluding carboxylic acids is 1. The number of methoxy groups -OCH3 is 1. The zero-order valence-corrected chi connectivity index (χ0v) is 19.6. The Morgan fingerprint density at radius 3 is 2.67 bits per heavy atom. The van der Waals surface area contributed by atoms with Gasteiger partial charge >= 0.3 is 0 Å². The van der Waals surface area contributed by atoms with Gasteiger partial charge in [-0.15, -0.1) is 0 Å². The van der Waals surface area contributed by atoms with Crippen LogP contribution in [0.25, 0.3) is 22.3 Å². The molecule has 170 valence electrons. The van der Waals surface area contributed by atoms with Crippen molar-refractivity contribution in [2.24, 2.45) is 0 Å². The third-order valence-corrected chi connectivity index (χ3v) is 5.92. The molecule has 1 fully saturated rings. The summed E-state index contributed by atoms with van der Waals surface area (Å²) < 4.78 is 7.37. The van der Waals surface area contributed by atoms with Crippen LogP contribution in [0.2, 0.25) is 0 Å². The summed E-state index contributed by atoms with van der Waals surface area (Å²) in [5.41, 5.74) is 4.46. The summed E-state index contributed by atoms with van der Waals surface area (Å²) in [6.45, 7) is 8.20. The Morgan fingerprint density at radius 2 is 1.97 bits per heavy atom. The summed E-state index contributed by atoms with van der Waals surface area (Å²) in [6.07, 6.45) is 2.20. The Labute approximate surface area is 192 Å². The van der Waals surface area contributed by atoms with Crippen molar-refractivity contribution >= 4 is 22.8 Å². The van der Waals surface area contributed by atoms with Crippen LogP contribution in [0, 0.1) is 6.92 Å². The molecule has 0 spiro atoms. The molecule has 1 aliphatic carbocycles. The number of aromatic amines is 1. The molecule has 1 aromatic carbocycles. The van der Waals surface area contributed by atoms with Gasteiger partial charge in [-0.25, -0.2) is 9.67 Å². The van der Waals surface area contributed by atoms with Crippen LogP contribution in [0.15, 0.2) is 36.4 Å². The van der Waals surface area contributed by atoms with Crippen molar-refractivity contribution in [1.82, 2.24) is 25.0 Å². The topological polar surface area (TPSA) is 97.7 Å². The zero-order chi connectivity index (χ0) is 23.3. The van der Waals surface area contributed by atoms with Gasteiger partial charge in [0.15, 0.2) is 11.5 Å². The van der Waals surface area contributed by atoms with Crippen LogP contribution in [-0.4, -0.2) is 38.0 Å². The van der Waals surface area contributed by atoms with E-state index in [-0.39, 0.29) is 11.4 Å². The molecule has 4 aromatic rings. The number of benzene rings is 1. The van der Waals surface area contributed by atoms with E-state index >= 15 is 0 Å². The molecule has 3 aromatic heterocycles.